The minimum absolute atomic E-state index is 0.0200. The Morgan fingerprint density at radius 2 is 1.52 bits per heavy atom. The first kappa shape index (κ1) is 19.6. The molecule has 0 saturated carbocycles. The molecule has 0 spiro atoms. The summed E-state index contributed by atoms with van der Waals surface area (Å²) in [6.07, 6.45) is 0.563. The Labute approximate surface area is 152 Å². The van der Waals surface area contributed by atoms with E-state index in [4.69, 9.17) is 9.16 Å². The molecule has 2 aromatic rings. The molecule has 0 amide bonds. The molecule has 0 aliphatic carbocycles. The summed E-state index contributed by atoms with van der Waals surface area (Å²) >= 11 is 0. The number of carbonyl (C=O) groups is 1. The molecular formula is C21H28O3Si. The fraction of sp³-hybridized carbons (Fsp3) is 0.381. The summed E-state index contributed by atoms with van der Waals surface area (Å²) < 4.78 is 12.2. The molecular weight excluding hydrogens is 328 g/mol. The molecule has 0 aliphatic heterocycles. The third-order valence-corrected chi connectivity index (χ3v) is 9.40. The fourth-order valence-electron chi connectivity index (χ4n) is 2.34. The Kier molecular flexibility index (Phi) is 6.70. The van der Waals surface area contributed by atoms with Gasteiger partial charge in [-0.05, 0) is 17.1 Å². The van der Waals surface area contributed by atoms with Crippen LogP contribution in [0, 0.1) is 0 Å². The van der Waals surface area contributed by atoms with Crippen LogP contribution in [0.2, 0.25) is 11.6 Å². The second kappa shape index (κ2) is 8.56. The highest BCUT2D eigenvalue weighted by Crippen LogP contribution is 2.37. The predicted molar refractivity (Wildman–Crippen MR) is 104 cm³/mol. The maximum atomic E-state index is 12.4. The number of hydrogen-bond acceptors (Lipinski definition) is 3. The molecule has 0 radical (unpaired) electrons. The van der Waals surface area contributed by atoms with Gasteiger partial charge in [-0.25, -0.2) is 0 Å². The van der Waals surface area contributed by atoms with E-state index in [0.717, 1.165) is 5.56 Å². The molecule has 0 aliphatic rings. The third kappa shape index (κ3) is 5.63. The van der Waals surface area contributed by atoms with E-state index in [1.807, 2.05) is 48.5 Å². The van der Waals surface area contributed by atoms with Crippen LogP contribution in [0.3, 0.4) is 0 Å². The van der Waals surface area contributed by atoms with Gasteiger partial charge < -0.3 is 9.16 Å². The van der Waals surface area contributed by atoms with Crippen LogP contribution < -0.4 is 0 Å². The molecule has 134 valence electrons. The van der Waals surface area contributed by atoms with E-state index in [9.17, 15) is 4.79 Å². The summed E-state index contributed by atoms with van der Waals surface area (Å²) in [6, 6.07) is 19.4. The molecule has 1 atom stereocenters. The van der Waals surface area contributed by atoms with Gasteiger partial charge >= 0.3 is 0 Å². The van der Waals surface area contributed by atoms with Gasteiger partial charge in [0.15, 0.2) is 5.78 Å². The van der Waals surface area contributed by atoms with Crippen molar-refractivity contribution in [2.45, 2.75) is 39.0 Å². The van der Waals surface area contributed by atoms with Crippen molar-refractivity contribution in [1.82, 2.24) is 0 Å². The molecule has 2 rings (SSSR count). The number of ketones is 1. The zero-order valence-electron chi connectivity index (χ0n) is 15.6. The highest BCUT2D eigenvalue weighted by Gasteiger charge is 2.43. The highest BCUT2D eigenvalue weighted by atomic mass is 28.4. The molecule has 0 saturated heterocycles. The minimum atomic E-state index is -2.24. The van der Waals surface area contributed by atoms with Gasteiger partial charge in [0, 0.05) is 5.56 Å². The van der Waals surface area contributed by atoms with Gasteiger partial charge in [0.25, 0.3) is 0 Å². The first-order valence-electron chi connectivity index (χ1n) is 8.66. The van der Waals surface area contributed by atoms with Crippen molar-refractivity contribution < 1.29 is 14.0 Å². The third-order valence-electron chi connectivity index (χ3n) is 4.69. The lowest BCUT2D eigenvalue weighted by Crippen LogP contribution is -2.50. The summed E-state index contributed by atoms with van der Waals surface area (Å²) in [5.74, 6) is 0.0200. The molecule has 0 fully saturated rings. The van der Waals surface area contributed by atoms with Gasteiger partial charge in [0.2, 0.25) is 8.32 Å². The monoisotopic (exact) mass is 356 g/mol. The van der Waals surface area contributed by atoms with Gasteiger partial charge in [-0.2, -0.15) is 0 Å². The van der Waals surface area contributed by atoms with Crippen LogP contribution >= 0.6 is 0 Å². The largest absolute Gasteiger partial charge is 0.407 e. The number of ether oxygens (including phenoxy) is 1. The average molecular weight is 357 g/mol. The van der Waals surface area contributed by atoms with Crippen molar-refractivity contribution >= 4 is 14.1 Å². The van der Waals surface area contributed by atoms with E-state index in [0.29, 0.717) is 18.4 Å². The van der Waals surface area contributed by atoms with E-state index in [2.05, 4.69) is 39.5 Å². The van der Waals surface area contributed by atoms with Crippen molar-refractivity contribution in [1.29, 1.82) is 0 Å². The smallest absolute Gasteiger partial charge is 0.220 e. The van der Waals surface area contributed by atoms with Crippen LogP contribution in [0.5, 0.6) is 0 Å². The zero-order chi connectivity index (χ0) is 18.3. The van der Waals surface area contributed by atoms with Crippen molar-refractivity contribution in [3.05, 3.63) is 71.8 Å². The summed E-state index contributed by atoms with van der Waals surface area (Å²) in [5, 5.41) is -0.0271. The van der Waals surface area contributed by atoms with Crippen LogP contribution in [0.1, 0.15) is 36.7 Å². The second-order valence-electron chi connectivity index (χ2n) is 7.54. The van der Waals surface area contributed by atoms with Crippen molar-refractivity contribution in [3.63, 3.8) is 0 Å². The van der Waals surface area contributed by atoms with Gasteiger partial charge in [-0.15, -0.1) is 0 Å². The summed E-state index contributed by atoms with van der Waals surface area (Å²) in [6.45, 7) is 9.32. The number of carbonyl (C=O) groups excluding carboxylic acids is 1. The first-order valence-corrected chi connectivity index (χ1v) is 11.3. The van der Waals surface area contributed by atoms with Crippen molar-refractivity contribution in [2.75, 3.05) is 12.8 Å². The summed E-state index contributed by atoms with van der Waals surface area (Å²) in [4.78, 5) is 12.4. The molecule has 0 unspecified atom stereocenters. The number of hydrogen-bond donors (Lipinski definition) is 0. The number of rotatable bonds is 8. The van der Waals surface area contributed by atoms with Crippen molar-refractivity contribution in [2.24, 2.45) is 0 Å². The average Bonchev–Trinajstić information content (AvgIpc) is 2.60. The zero-order valence-corrected chi connectivity index (χ0v) is 16.6. The second-order valence-corrected chi connectivity index (χ2v) is 12.1. The van der Waals surface area contributed by atoms with Gasteiger partial charge in [0.1, 0.15) is 0 Å². The summed E-state index contributed by atoms with van der Waals surface area (Å²) in [5.41, 5.74) is 1.84. The number of benzene rings is 2. The Balaban J connectivity index is 1.96. The van der Waals surface area contributed by atoms with Crippen LogP contribution in [0.4, 0.5) is 0 Å². The van der Waals surface area contributed by atoms with Crippen LogP contribution in [-0.4, -0.2) is 26.9 Å². The molecule has 25 heavy (non-hydrogen) atoms. The standard InChI is InChI=1S/C21H28O3Si/c1-21(2,3)25(4,17-23-15-18-11-7-5-8-12-18)24-16-20(22)19-13-9-6-10-14-19/h5-14H,15-17H2,1-4H3/t25-/m1/s1. The van der Waals surface area contributed by atoms with E-state index in [1.165, 1.54) is 0 Å². The van der Waals surface area contributed by atoms with Gasteiger partial charge in [-0.1, -0.05) is 81.4 Å². The van der Waals surface area contributed by atoms with E-state index < -0.39 is 8.32 Å². The van der Waals surface area contributed by atoms with Crippen LogP contribution in [0.25, 0.3) is 0 Å². The van der Waals surface area contributed by atoms with E-state index in [-0.39, 0.29) is 17.4 Å². The topological polar surface area (TPSA) is 35.5 Å². The Bertz CT molecular complexity index is 665. The SMILES string of the molecule is CC(C)(C)[Si@@](C)(COCc1ccccc1)OCC(=O)c1ccccc1. The Morgan fingerprint density at radius 1 is 0.960 bits per heavy atom. The fourth-order valence-corrected chi connectivity index (χ4v) is 4.24. The predicted octanol–water partition coefficient (Wildman–Crippen LogP) is 5.02. The lowest BCUT2D eigenvalue weighted by Gasteiger charge is -2.38. The normalized spacial score (nSPS) is 14.1. The molecule has 0 aromatic heterocycles. The van der Waals surface area contributed by atoms with Gasteiger partial charge in [0.05, 0.1) is 19.4 Å². The van der Waals surface area contributed by atoms with E-state index in [1.54, 1.807) is 0 Å². The molecule has 0 N–H and O–H groups in total. The molecule has 4 heteroatoms. The minimum Gasteiger partial charge on any atom is -0.407 e. The molecule has 0 heterocycles. The lowest BCUT2D eigenvalue weighted by atomic mass is 10.1. The van der Waals surface area contributed by atoms with E-state index >= 15 is 0 Å². The quantitative estimate of drug-likeness (QED) is 0.492. The summed E-state index contributed by atoms with van der Waals surface area (Å²) in [7, 11) is -2.24. The number of Topliss-reactive ketones (excluding diaryl/α,β-unsaturated/α-hetero) is 1. The lowest BCUT2D eigenvalue weighted by molar-refractivity contribution is 0.0882. The van der Waals surface area contributed by atoms with Crippen molar-refractivity contribution in [3.8, 4) is 0 Å². The molecule has 3 nitrogen and oxygen atoms in total. The maximum Gasteiger partial charge on any atom is 0.220 e. The Hall–Kier alpha value is -1.75. The maximum absolute atomic E-state index is 12.4. The van der Waals surface area contributed by atoms with Gasteiger partial charge in [-0.3, -0.25) is 4.79 Å². The highest BCUT2D eigenvalue weighted by molar-refractivity contribution is 6.75. The van der Waals surface area contributed by atoms with Crippen LogP contribution in [0.15, 0.2) is 60.7 Å². The van der Waals surface area contributed by atoms with Crippen LogP contribution in [-0.2, 0) is 15.8 Å². The first-order chi connectivity index (χ1) is 11.8. The molecule has 0 bridgehead atoms. The Morgan fingerprint density at radius 3 is 2.08 bits per heavy atom. The molecule has 2 aromatic carbocycles.